The molecule has 2 aromatic rings. The fourth-order valence-electron chi connectivity index (χ4n) is 2.74. The minimum Gasteiger partial charge on any atom is -0.343 e. The molecule has 22 heavy (non-hydrogen) atoms. The van der Waals surface area contributed by atoms with Crippen LogP contribution in [0, 0.1) is 10.7 Å². The molecule has 0 atom stereocenters. The minimum absolute atomic E-state index is 0.215. The Hall–Kier alpha value is -1.47. The van der Waals surface area contributed by atoms with E-state index in [-0.39, 0.29) is 5.91 Å². The standard InChI is InChI=1S/C15H20N4OS2/c1-11-4-7-18(8-5-11)13(20)6-9-19-14(16-17-15(19)21)12-3-2-10-22-12/h2-3,10-11H,4-9H2,1H3,(H,17,21). The van der Waals surface area contributed by atoms with Gasteiger partial charge in [0.1, 0.15) is 0 Å². The van der Waals surface area contributed by atoms with Crippen LogP contribution in [-0.4, -0.2) is 38.7 Å². The van der Waals surface area contributed by atoms with E-state index in [0.29, 0.717) is 17.7 Å². The highest BCUT2D eigenvalue weighted by molar-refractivity contribution is 7.71. The number of rotatable bonds is 4. The van der Waals surface area contributed by atoms with Crippen LogP contribution in [0.4, 0.5) is 0 Å². The maximum Gasteiger partial charge on any atom is 0.224 e. The molecule has 0 bridgehead atoms. The number of carbonyl (C=O) groups is 1. The van der Waals surface area contributed by atoms with Gasteiger partial charge in [0, 0.05) is 26.1 Å². The van der Waals surface area contributed by atoms with Gasteiger partial charge in [0.2, 0.25) is 5.91 Å². The van der Waals surface area contributed by atoms with Crippen molar-refractivity contribution in [3.63, 3.8) is 0 Å². The third-order valence-electron chi connectivity index (χ3n) is 4.19. The Balaban J connectivity index is 1.66. The van der Waals surface area contributed by atoms with E-state index in [1.54, 1.807) is 11.3 Å². The second kappa shape index (κ2) is 6.75. The topological polar surface area (TPSA) is 53.9 Å². The number of H-pyrrole nitrogens is 1. The van der Waals surface area contributed by atoms with E-state index in [1.807, 2.05) is 27.0 Å². The van der Waals surface area contributed by atoms with Crippen molar-refractivity contribution >= 4 is 29.5 Å². The molecule has 0 spiro atoms. The minimum atomic E-state index is 0.215. The van der Waals surface area contributed by atoms with E-state index in [4.69, 9.17) is 12.2 Å². The van der Waals surface area contributed by atoms with Crippen LogP contribution in [0.1, 0.15) is 26.2 Å². The second-order valence-corrected chi connectivity index (χ2v) is 7.13. The van der Waals surface area contributed by atoms with Crippen molar-refractivity contribution in [1.29, 1.82) is 0 Å². The van der Waals surface area contributed by atoms with Crippen LogP contribution >= 0.6 is 23.6 Å². The van der Waals surface area contributed by atoms with Crippen molar-refractivity contribution in [1.82, 2.24) is 19.7 Å². The van der Waals surface area contributed by atoms with E-state index >= 15 is 0 Å². The molecule has 0 unspecified atom stereocenters. The van der Waals surface area contributed by atoms with E-state index in [0.717, 1.165) is 42.6 Å². The smallest absolute Gasteiger partial charge is 0.224 e. The van der Waals surface area contributed by atoms with Crippen LogP contribution < -0.4 is 0 Å². The Morgan fingerprint density at radius 2 is 2.27 bits per heavy atom. The maximum atomic E-state index is 12.4. The molecule has 0 radical (unpaired) electrons. The second-order valence-electron chi connectivity index (χ2n) is 5.79. The van der Waals surface area contributed by atoms with Crippen molar-refractivity contribution in [3.05, 3.63) is 22.3 Å². The number of likely N-dealkylation sites (tertiary alicyclic amines) is 1. The van der Waals surface area contributed by atoms with Crippen LogP contribution in [-0.2, 0) is 11.3 Å². The fraction of sp³-hybridized carbons (Fsp3) is 0.533. The number of thiophene rings is 1. The van der Waals surface area contributed by atoms with Gasteiger partial charge < -0.3 is 4.90 Å². The number of piperidine rings is 1. The highest BCUT2D eigenvalue weighted by Gasteiger charge is 2.20. The molecule has 0 aliphatic carbocycles. The number of aromatic amines is 1. The summed E-state index contributed by atoms with van der Waals surface area (Å²) in [5.41, 5.74) is 0. The van der Waals surface area contributed by atoms with Crippen molar-refractivity contribution in [3.8, 4) is 10.7 Å². The average molecular weight is 336 g/mol. The van der Waals surface area contributed by atoms with Crippen LogP contribution in [0.25, 0.3) is 10.7 Å². The van der Waals surface area contributed by atoms with Gasteiger partial charge in [0.15, 0.2) is 10.6 Å². The molecule has 1 aliphatic heterocycles. The molecule has 0 aromatic carbocycles. The number of nitrogens with one attached hydrogen (secondary N) is 1. The van der Waals surface area contributed by atoms with Crippen molar-refractivity contribution in [2.24, 2.45) is 5.92 Å². The molecule has 3 heterocycles. The van der Waals surface area contributed by atoms with Crippen LogP contribution in [0.3, 0.4) is 0 Å². The highest BCUT2D eigenvalue weighted by Crippen LogP contribution is 2.23. The first kappa shape index (κ1) is 15.4. The molecule has 1 saturated heterocycles. The first-order valence-corrected chi connectivity index (χ1v) is 8.91. The normalized spacial score (nSPS) is 16.1. The lowest BCUT2D eigenvalue weighted by atomic mass is 9.99. The summed E-state index contributed by atoms with van der Waals surface area (Å²) in [6.07, 6.45) is 2.69. The summed E-state index contributed by atoms with van der Waals surface area (Å²) in [5.74, 6) is 1.77. The van der Waals surface area contributed by atoms with Crippen LogP contribution in [0.5, 0.6) is 0 Å². The quantitative estimate of drug-likeness (QED) is 0.872. The van der Waals surface area contributed by atoms with Gasteiger partial charge in [0.25, 0.3) is 0 Å². The molecule has 7 heteroatoms. The van der Waals surface area contributed by atoms with Gasteiger partial charge in [-0.05, 0) is 42.4 Å². The molecule has 1 amide bonds. The lowest BCUT2D eigenvalue weighted by Gasteiger charge is -2.30. The molecule has 1 aliphatic rings. The number of carbonyl (C=O) groups excluding carboxylic acids is 1. The highest BCUT2D eigenvalue weighted by atomic mass is 32.1. The molecule has 0 saturated carbocycles. The van der Waals surface area contributed by atoms with Gasteiger partial charge in [-0.15, -0.1) is 11.3 Å². The summed E-state index contributed by atoms with van der Waals surface area (Å²) in [5, 5.41) is 9.13. The van der Waals surface area contributed by atoms with E-state index < -0.39 is 0 Å². The van der Waals surface area contributed by atoms with Crippen molar-refractivity contribution < 1.29 is 4.79 Å². The predicted octanol–water partition coefficient (Wildman–Crippen LogP) is 3.32. The van der Waals surface area contributed by atoms with Gasteiger partial charge in [-0.3, -0.25) is 14.5 Å². The van der Waals surface area contributed by atoms with Gasteiger partial charge in [-0.1, -0.05) is 13.0 Å². The molecule has 2 aromatic heterocycles. The van der Waals surface area contributed by atoms with E-state index in [9.17, 15) is 4.79 Å². The molecule has 118 valence electrons. The van der Waals surface area contributed by atoms with E-state index in [1.165, 1.54) is 0 Å². The molecule has 1 N–H and O–H groups in total. The van der Waals surface area contributed by atoms with Crippen molar-refractivity contribution in [2.75, 3.05) is 13.1 Å². The summed E-state index contributed by atoms with van der Waals surface area (Å²) < 4.78 is 2.49. The van der Waals surface area contributed by atoms with E-state index in [2.05, 4.69) is 17.1 Å². The summed E-state index contributed by atoms with van der Waals surface area (Å²) in [4.78, 5) is 15.4. The third kappa shape index (κ3) is 3.30. The summed E-state index contributed by atoms with van der Waals surface area (Å²) >= 11 is 6.92. The maximum absolute atomic E-state index is 12.4. The first-order valence-electron chi connectivity index (χ1n) is 7.62. The number of amides is 1. The van der Waals surface area contributed by atoms with Crippen molar-refractivity contribution in [2.45, 2.75) is 32.7 Å². The van der Waals surface area contributed by atoms with Crippen LogP contribution in [0.2, 0.25) is 0 Å². The van der Waals surface area contributed by atoms with Gasteiger partial charge in [-0.2, -0.15) is 5.10 Å². The van der Waals surface area contributed by atoms with Gasteiger partial charge in [-0.25, -0.2) is 0 Å². The lowest BCUT2D eigenvalue weighted by molar-refractivity contribution is -0.132. The molecule has 1 fully saturated rings. The predicted molar refractivity (Wildman–Crippen MR) is 90.3 cm³/mol. The Morgan fingerprint density at radius 1 is 1.50 bits per heavy atom. The molecule has 3 rings (SSSR count). The number of aromatic nitrogens is 3. The average Bonchev–Trinajstić information content (AvgIpc) is 3.15. The zero-order chi connectivity index (χ0) is 15.5. The first-order chi connectivity index (χ1) is 10.6. The fourth-order valence-corrected chi connectivity index (χ4v) is 3.69. The largest absolute Gasteiger partial charge is 0.343 e. The van der Waals surface area contributed by atoms with Crippen LogP contribution in [0.15, 0.2) is 17.5 Å². The summed E-state index contributed by atoms with van der Waals surface area (Å²) in [6, 6.07) is 4.00. The lowest BCUT2D eigenvalue weighted by Crippen LogP contribution is -2.38. The Kier molecular flexibility index (Phi) is 4.73. The molecule has 5 nitrogen and oxygen atoms in total. The molecular weight excluding hydrogens is 316 g/mol. The van der Waals surface area contributed by atoms with Gasteiger partial charge in [0.05, 0.1) is 4.88 Å². The number of hydrogen-bond donors (Lipinski definition) is 1. The molecular formula is C15H20N4OS2. The summed E-state index contributed by atoms with van der Waals surface area (Å²) in [6.45, 7) is 4.59. The number of nitrogens with zero attached hydrogens (tertiary/aromatic N) is 3. The summed E-state index contributed by atoms with van der Waals surface area (Å²) in [7, 11) is 0. The third-order valence-corrected chi connectivity index (χ3v) is 5.36. The Bertz CT molecular complexity index is 681. The van der Waals surface area contributed by atoms with Gasteiger partial charge >= 0.3 is 0 Å². The monoisotopic (exact) mass is 336 g/mol. The zero-order valence-corrected chi connectivity index (χ0v) is 14.3. The Labute approximate surface area is 139 Å². The SMILES string of the molecule is CC1CCN(C(=O)CCn2c(-c3cccs3)n[nH]c2=S)CC1. The zero-order valence-electron chi connectivity index (χ0n) is 12.6. The number of hydrogen-bond acceptors (Lipinski definition) is 4. The Morgan fingerprint density at radius 3 is 2.95 bits per heavy atom.